The Kier molecular flexibility index (Phi) is 2.42. The van der Waals surface area contributed by atoms with Crippen LogP contribution in [-0.2, 0) is 0 Å². The molecule has 1 rings (SSSR count). The predicted octanol–water partition coefficient (Wildman–Crippen LogP) is 2.01. The molecule has 1 aromatic carbocycles. The van der Waals surface area contributed by atoms with E-state index in [1.807, 2.05) is 0 Å². The molecule has 0 bridgehead atoms. The molecule has 0 fully saturated rings. The van der Waals surface area contributed by atoms with Gasteiger partial charge in [-0.15, -0.1) is 0 Å². The van der Waals surface area contributed by atoms with E-state index in [4.69, 9.17) is 5.73 Å². The molecule has 66 valence electrons. The van der Waals surface area contributed by atoms with E-state index >= 15 is 0 Å². The van der Waals surface area contributed by atoms with Gasteiger partial charge in [-0.3, -0.25) is 0 Å². The van der Waals surface area contributed by atoms with Crippen LogP contribution in [0.5, 0.6) is 5.75 Å². The molecule has 0 aliphatic carbocycles. The van der Waals surface area contributed by atoms with E-state index in [1.54, 1.807) is 0 Å². The lowest BCUT2D eigenvalue weighted by Crippen LogP contribution is -2.04. The predicted molar refractivity (Wildman–Crippen MR) is 37.4 cm³/mol. The number of hydrogen-bond acceptors (Lipinski definition) is 2. The smallest absolute Gasteiger partial charge is 0.387 e. The molecule has 0 atom stereocenters. The first kappa shape index (κ1) is 8.70. The molecule has 0 aliphatic heterocycles. The van der Waals surface area contributed by atoms with Crippen molar-refractivity contribution < 1.29 is 17.9 Å². The summed E-state index contributed by atoms with van der Waals surface area (Å²) in [6, 6.07) is 3.03. The standard InChI is InChI=1S/C7H6F3NO/c8-4-1-2-5(11)6(3-4)12-7(9)10/h1-3,7H,11H2. The Bertz CT molecular complexity index is 277. The fourth-order valence-electron chi connectivity index (χ4n) is 0.706. The SMILES string of the molecule is Nc1ccc(F)cc1OC(F)F. The van der Waals surface area contributed by atoms with E-state index < -0.39 is 12.4 Å². The van der Waals surface area contributed by atoms with Crippen molar-refractivity contribution in [3.05, 3.63) is 24.0 Å². The molecular formula is C7H6F3NO. The number of benzene rings is 1. The van der Waals surface area contributed by atoms with Crippen LogP contribution in [0.15, 0.2) is 18.2 Å². The highest BCUT2D eigenvalue weighted by molar-refractivity contribution is 5.52. The van der Waals surface area contributed by atoms with Crippen molar-refractivity contribution in [2.45, 2.75) is 6.61 Å². The van der Waals surface area contributed by atoms with Crippen LogP contribution in [0.4, 0.5) is 18.9 Å². The lowest BCUT2D eigenvalue weighted by molar-refractivity contribution is -0.0494. The number of anilines is 1. The highest BCUT2D eigenvalue weighted by Crippen LogP contribution is 2.23. The van der Waals surface area contributed by atoms with Crippen LogP contribution in [-0.4, -0.2) is 6.61 Å². The highest BCUT2D eigenvalue weighted by Gasteiger charge is 2.08. The van der Waals surface area contributed by atoms with E-state index in [2.05, 4.69) is 4.74 Å². The molecule has 5 heteroatoms. The second kappa shape index (κ2) is 3.34. The lowest BCUT2D eigenvalue weighted by atomic mass is 10.3. The highest BCUT2D eigenvalue weighted by atomic mass is 19.3. The largest absolute Gasteiger partial charge is 0.433 e. The molecule has 0 saturated carbocycles. The van der Waals surface area contributed by atoms with Gasteiger partial charge in [-0.2, -0.15) is 8.78 Å². The number of hydrogen-bond donors (Lipinski definition) is 1. The summed E-state index contributed by atoms with van der Waals surface area (Å²) in [6.07, 6.45) is 0. The average Bonchev–Trinajstić information content (AvgIpc) is 1.96. The topological polar surface area (TPSA) is 35.2 Å². The van der Waals surface area contributed by atoms with Crippen molar-refractivity contribution in [2.75, 3.05) is 5.73 Å². The van der Waals surface area contributed by atoms with Crippen molar-refractivity contribution >= 4 is 5.69 Å². The van der Waals surface area contributed by atoms with Crippen LogP contribution < -0.4 is 10.5 Å². The number of halogens is 3. The maximum Gasteiger partial charge on any atom is 0.387 e. The van der Waals surface area contributed by atoms with Crippen LogP contribution in [0.25, 0.3) is 0 Å². The van der Waals surface area contributed by atoms with Gasteiger partial charge in [-0.1, -0.05) is 0 Å². The molecule has 0 saturated heterocycles. The Morgan fingerprint density at radius 2 is 2.00 bits per heavy atom. The maximum atomic E-state index is 12.4. The Morgan fingerprint density at radius 1 is 1.33 bits per heavy atom. The summed E-state index contributed by atoms with van der Waals surface area (Å²) in [7, 11) is 0. The zero-order chi connectivity index (χ0) is 9.14. The Morgan fingerprint density at radius 3 is 2.58 bits per heavy atom. The second-order valence-corrected chi connectivity index (χ2v) is 2.06. The van der Waals surface area contributed by atoms with Crippen LogP contribution >= 0.6 is 0 Å². The molecule has 0 aromatic heterocycles. The molecule has 1 aromatic rings. The number of nitrogens with two attached hydrogens (primary N) is 1. The maximum absolute atomic E-state index is 12.4. The minimum Gasteiger partial charge on any atom is -0.433 e. The number of alkyl halides is 2. The Balaban J connectivity index is 2.90. The summed E-state index contributed by atoms with van der Waals surface area (Å²) < 4.78 is 39.6. The van der Waals surface area contributed by atoms with Gasteiger partial charge in [0.15, 0.2) is 5.75 Å². The van der Waals surface area contributed by atoms with E-state index in [0.717, 1.165) is 18.2 Å². The molecule has 0 spiro atoms. The Hall–Kier alpha value is -1.39. The molecule has 2 N–H and O–H groups in total. The van der Waals surface area contributed by atoms with Gasteiger partial charge in [-0.25, -0.2) is 4.39 Å². The zero-order valence-corrected chi connectivity index (χ0v) is 5.93. The van der Waals surface area contributed by atoms with E-state index in [9.17, 15) is 13.2 Å². The summed E-state index contributed by atoms with van der Waals surface area (Å²) in [4.78, 5) is 0. The Labute approximate surface area is 66.7 Å². The van der Waals surface area contributed by atoms with Gasteiger partial charge in [0.25, 0.3) is 0 Å². The second-order valence-electron chi connectivity index (χ2n) is 2.06. The van der Waals surface area contributed by atoms with Gasteiger partial charge < -0.3 is 10.5 Å². The normalized spacial score (nSPS) is 10.3. The van der Waals surface area contributed by atoms with Crippen molar-refractivity contribution in [3.8, 4) is 5.75 Å². The molecule has 0 unspecified atom stereocenters. The molecule has 2 nitrogen and oxygen atoms in total. The minimum absolute atomic E-state index is 0.0169. The number of rotatable bonds is 2. The third kappa shape index (κ3) is 2.05. The molecule has 0 radical (unpaired) electrons. The average molecular weight is 177 g/mol. The third-order valence-corrected chi connectivity index (χ3v) is 1.19. The van der Waals surface area contributed by atoms with Gasteiger partial charge in [0.2, 0.25) is 0 Å². The van der Waals surface area contributed by atoms with Crippen LogP contribution in [0.2, 0.25) is 0 Å². The van der Waals surface area contributed by atoms with E-state index in [1.165, 1.54) is 0 Å². The van der Waals surface area contributed by atoms with E-state index in [-0.39, 0.29) is 11.4 Å². The van der Waals surface area contributed by atoms with Crippen LogP contribution in [0.3, 0.4) is 0 Å². The molecular weight excluding hydrogens is 171 g/mol. The first-order valence-corrected chi connectivity index (χ1v) is 3.09. The number of ether oxygens (including phenoxy) is 1. The summed E-state index contributed by atoms with van der Waals surface area (Å²) in [5.41, 5.74) is 5.20. The van der Waals surface area contributed by atoms with Crippen LogP contribution in [0, 0.1) is 5.82 Å². The third-order valence-electron chi connectivity index (χ3n) is 1.19. The monoisotopic (exact) mass is 177 g/mol. The first-order valence-electron chi connectivity index (χ1n) is 3.09. The molecule has 0 aliphatic rings. The molecule has 0 amide bonds. The molecule has 12 heavy (non-hydrogen) atoms. The van der Waals surface area contributed by atoms with Crippen molar-refractivity contribution in [1.29, 1.82) is 0 Å². The molecule has 0 heterocycles. The fourth-order valence-corrected chi connectivity index (χ4v) is 0.706. The quantitative estimate of drug-likeness (QED) is 0.701. The van der Waals surface area contributed by atoms with Gasteiger partial charge in [0.05, 0.1) is 5.69 Å². The van der Waals surface area contributed by atoms with Gasteiger partial charge in [0.1, 0.15) is 5.82 Å². The van der Waals surface area contributed by atoms with Crippen LogP contribution in [0.1, 0.15) is 0 Å². The van der Waals surface area contributed by atoms with Crippen molar-refractivity contribution in [2.24, 2.45) is 0 Å². The number of nitrogen functional groups attached to an aromatic ring is 1. The summed E-state index contributed by atoms with van der Waals surface area (Å²) >= 11 is 0. The summed E-state index contributed by atoms with van der Waals surface area (Å²) in [5, 5.41) is 0. The fraction of sp³-hybridized carbons (Fsp3) is 0.143. The summed E-state index contributed by atoms with van der Waals surface area (Å²) in [5.74, 6) is -1.01. The van der Waals surface area contributed by atoms with Gasteiger partial charge in [0, 0.05) is 6.07 Å². The van der Waals surface area contributed by atoms with Crippen molar-refractivity contribution in [1.82, 2.24) is 0 Å². The lowest BCUT2D eigenvalue weighted by Gasteiger charge is -2.06. The zero-order valence-electron chi connectivity index (χ0n) is 5.93. The van der Waals surface area contributed by atoms with Gasteiger partial charge in [-0.05, 0) is 12.1 Å². The van der Waals surface area contributed by atoms with E-state index in [0.29, 0.717) is 0 Å². The first-order chi connectivity index (χ1) is 5.59. The van der Waals surface area contributed by atoms with Gasteiger partial charge >= 0.3 is 6.61 Å². The van der Waals surface area contributed by atoms with Crippen molar-refractivity contribution in [3.63, 3.8) is 0 Å². The summed E-state index contributed by atoms with van der Waals surface area (Å²) in [6.45, 7) is -2.99. The minimum atomic E-state index is -2.99.